The van der Waals surface area contributed by atoms with Crippen LogP contribution in [-0.4, -0.2) is 147 Å². The maximum Gasteiger partial charge on any atom is 0.410 e. The van der Waals surface area contributed by atoms with E-state index in [0.717, 1.165) is 71.3 Å². The molecule has 12 N–H and O–H groups in total. The van der Waals surface area contributed by atoms with Crippen LogP contribution in [0.2, 0.25) is 20.6 Å². The Balaban J connectivity index is 0.000000173. The highest BCUT2D eigenvalue weighted by molar-refractivity contribution is 9.10. The van der Waals surface area contributed by atoms with Crippen molar-refractivity contribution in [1.82, 2.24) is 71.0 Å². The molecule has 10 rings (SSSR count). The number of nitrogen functional groups attached to an aromatic ring is 5. The smallest absolute Gasteiger partial charge is 0.410 e. The molecule has 444 valence electrons. The first-order valence-electron chi connectivity index (χ1n) is 26.1. The number of ether oxygens (including phenoxy) is 1. The van der Waals surface area contributed by atoms with Gasteiger partial charge in [0, 0.05) is 87.5 Å². The summed E-state index contributed by atoms with van der Waals surface area (Å²) >= 11 is 26.0. The SMILES string of the molecule is CC(=O)N1CC=C(c2cc(-c3ccccc3O)nnc2N)CC1.CC(=O)N1CC=C(c2cc(Cl)nnc2N)CC1.CC(C)(C)OC(=O)N1CC=C(c2cc(Cl)nnc2N)CC1.Nc1nnc(Cl)cc1Br.Nc1nnc(Cl)cc1C1=CCNCC1. The number of carbonyl (C=O) groups is 3. The normalized spacial score (nSPS) is 14.8. The van der Waals surface area contributed by atoms with E-state index in [1.807, 2.05) is 51.1 Å². The van der Waals surface area contributed by atoms with E-state index in [9.17, 15) is 19.5 Å². The minimum atomic E-state index is -0.492. The third-order valence-electron chi connectivity index (χ3n) is 12.7. The molecule has 4 aliphatic heterocycles. The van der Waals surface area contributed by atoms with Gasteiger partial charge in [-0.15, -0.1) is 51.0 Å². The molecule has 0 saturated carbocycles. The van der Waals surface area contributed by atoms with Crippen molar-refractivity contribution in [1.29, 1.82) is 0 Å². The molecule has 0 saturated heterocycles. The molecule has 1 aromatic carbocycles. The minimum absolute atomic E-state index is 0.0658. The molecule has 0 spiro atoms. The fraction of sp³-hybridized carbons (Fsp3) is 0.327. The number of anilines is 5. The quantitative estimate of drug-likeness (QED) is 0.0848. The predicted octanol–water partition coefficient (Wildman–Crippen LogP) is 8.71. The second-order valence-electron chi connectivity index (χ2n) is 19.8. The molecule has 24 nitrogen and oxygen atoms in total. The maximum absolute atomic E-state index is 12.0. The lowest BCUT2D eigenvalue weighted by atomic mass is 9.98. The standard InChI is InChI=1S/C17H18N4O2.C14H19ClN4O2.C11H13ClN4O.C9H11ClN4.C4H3BrClN3/c1-11(22)21-8-6-12(7-9-21)14-10-15(19-20-17(14)18)13-4-2-3-5-16(13)23;1-14(2,3)21-13(20)19-6-4-9(5-7-19)10-8-11(15)17-18-12(10)16;1-7(17)16-4-2-8(3-5-16)9-6-10(12)14-15-11(9)13;10-8-5-7(9(11)14-13-8)6-1-3-12-4-2-6;5-2-1-3(6)8-9-4(2)7/h2-6,10,23H,7-9H2,1H3,(H2,18,20);4,8H,5-7H2,1-3H3,(H2,16,18);2,6H,3-5H2,1H3,(H2,13,15);1,5,12H,2-4H2,(H2,11,14);1H,(H2,7,9). The van der Waals surface area contributed by atoms with Crippen molar-refractivity contribution in [2.75, 3.05) is 81.0 Å². The molecular weight excluding hydrogens is 1230 g/mol. The molecule has 0 fully saturated rings. The average Bonchev–Trinajstić information content (AvgIpc) is 3.39. The van der Waals surface area contributed by atoms with Crippen LogP contribution in [0.5, 0.6) is 5.75 Å². The molecule has 3 amide bonds. The number of para-hydroxylation sites is 1. The van der Waals surface area contributed by atoms with E-state index in [0.29, 0.717) is 111 Å². The van der Waals surface area contributed by atoms with Crippen LogP contribution in [0.15, 0.2) is 83.4 Å². The Kier molecular flexibility index (Phi) is 23.8. The highest BCUT2D eigenvalue weighted by Crippen LogP contribution is 2.33. The summed E-state index contributed by atoms with van der Waals surface area (Å²) < 4.78 is 6.02. The van der Waals surface area contributed by atoms with E-state index in [4.69, 9.17) is 79.8 Å². The molecule has 0 atom stereocenters. The van der Waals surface area contributed by atoms with Gasteiger partial charge in [0.1, 0.15) is 11.4 Å². The van der Waals surface area contributed by atoms with E-state index < -0.39 is 5.60 Å². The van der Waals surface area contributed by atoms with Crippen molar-refractivity contribution in [2.24, 2.45) is 0 Å². The topological polar surface area (TPSA) is 361 Å². The van der Waals surface area contributed by atoms with Gasteiger partial charge in [0.2, 0.25) is 11.8 Å². The third-order valence-corrected chi connectivity index (χ3v) is 14.1. The summed E-state index contributed by atoms with van der Waals surface area (Å²) in [6.45, 7) is 14.1. The molecule has 0 aliphatic carbocycles. The first kappa shape index (κ1) is 65.3. The Morgan fingerprint density at radius 3 is 1.30 bits per heavy atom. The fourth-order valence-corrected chi connectivity index (χ4v) is 9.43. The summed E-state index contributed by atoms with van der Waals surface area (Å²) in [6.07, 6.45) is 10.8. The van der Waals surface area contributed by atoms with E-state index in [2.05, 4.69) is 78.3 Å². The predicted molar refractivity (Wildman–Crippen MR) is 333 cm³/mol. The Hall–Kier alpha value is -7.81. The number of nitrogens with zero attached hydrogens (tertiary/aromatic N) is 13. The number of hydrogen-bond donors (Lipinski definition) is 7. The maximum atomic E-state index is 12.0. The first-order valence-corrected chi connectivity index (χ1v) is 28.4. The number of nitrogens with one attached hydrogen (secondary N) is 1. The molecule has 0 unspecified atom stereocenters. The fourth-order valence-electron chi connectivity index (χ4n) is 8.41. The van der Waals surface area contributed by atoms with Crippen molar-refractivity contribution in [3.05, 3.63) is 126 Å². The number of halogens is 5. The largest absolute Gasteiger partial charge is 0.507 e. The lowest BCUT2D eigenvalue weighted by molar-refractivity contribution is -0.129. The van der Waals surface area contributed by atoms with Crippen molar-refractivity contribution in [2.45, 2.75) is 65.9 Å². The van der Waals surface area contributed by atoms with Crippen LogP contribution in [0.4, 0.5) is 33.9 Å². The van der Waals surface area contributed by atoms with Gasteiger partial charge >= 0.3 is 6.09 Å². The van der Waals surface area contributed by atoms with Crippen LogP contribution >= 0.6 is 62.3 Å². The molecular formula is C55H64BrCl4N19O5. The number of rotatable bonds is 5. The first-order chi connectivity index (χ1) is 39.9. The Bertz CT molecular complexity index is 3470. The summed E-state index contributed by atoms with van der Waals surface area (Å²) in [4.78, 5) is 39.8. The van der Waals surface area contributed by atoms with Crippen molar-refractivity contribution < 1.29 is 24.2 Å². The number of hydrogen-bond acceptors (Lipinski definition) is 21. The van der Waals surface area contributed by atoms with Gasteiger partial charge < -0.3 is 58.5 Å². The zero-order valence-corrected chi connectivity index (χ0v) is 51.3. The van der Waals surface area contributed by atoms with Gasteiger partial charge in [0.15, 0.2) is 49.7 Å². The van der Waals surface area contributed by atoms with Crippen LogP contribution in [-0.2, 0) is 14.3 Å². The van der Waals surface area contributed by atoms with Gasteiger partial charge in [-0.05, 0) is 134 Å². The average molecular weight is 1290 g/mol. The van der Waals surface area contributed by atoms with Crippen LogP contribution < -0.4 is 34.0 Å². The van der Waals surface area contributed by atoms with E-state index in [-0.39, 0.29) is 23.7 Å². The summed E-state index contributed by atoms with van der Waals surface area (Å²) in [5.74, 6) is 2.16. The molecule has 5 aromatic heterocycles. The Labute approximate surface area is 514 Å². The summed E-state index contributed by atoms with van der Waals surface area (Å²) in [5.41, 5.74) is 36.9. The number of phenolic OH excluding ortho intramolecular Hbond substituents is 1. The van der Waals surface area contributed by atoms with Crippen LogP contribution in [0.3, 0.4) is 0 Å². The van der Waals surface area contributed by atoms with Gasteiger partial charge in [0.05, 0.1) is 10.2 Å². The number of aromatic hydroxyl groups is 1. The summed E-state index contributed by atoms with van der Waals surface area (Å²) in [7, 11) is 0. The highest BCUT2D eigenvalue weighted by Gasteiger charge is 2.25. The van der Waals surface area contributed by atoms with E-state index >= 15 is 0 Å². The van der Waals surface area contributed by atoms with Crippen molar-refractivity contribution in [3.63, 3.8) is 0 Å². The number of nitrogens with two attached hydrogens (primary N) is 5. The molecule has 0 bridgehead atoms. The lowest BCUT2D eigenvalue weighted by Crippen LogP contribution is -2.39. The Morgan fingerprint density at radius 2 is 0.929 bits per heavy atom. The lowest BCUT2D eigenvalue weighted by Gasteiger charge is -2.29. The number of amides is 3. The van der Waals surface area contributed by atoms with Gasteiger partial charge in [-0.3, -0.25) is 9.59 Å². The van der Waals surface area contributed by atoms with Crippen molar-refractivity contribution in [3.8, 4) is 17.0 Å². The number of aromatic nitrogens is 10. The summed E-state index contributed by atoms with van der Waals surface area (Å²) in [6, 6.07) is 15.6. The van der Waals surface area contributed by atoms with Crippen LogP contribution in [0.1, 0.15) is 82.6 Å². The van der Waals surface area contributed by atoms with E-state index in [1.165, 1.54) is 5.57 Å². The molecule has 0 radical (unpaired) electrons. The summed E-state index contributed by atoms with van der Waals surface area (Å²) in [5, 5.41) is 52.1. The second-order valence-corrected chi connectivity index (χ2v) is 22.2. The van der Waals surface area contributed by atoms with Gasteiger partial charge in [-0.1, -0.05) is 82.8 Å². The highest BCUT2D eigenvalue weighted by atomic mass is 79.9. The van der Waals surface area contributed by atoms with Crippen LogP contribution in [0, 0.1) is 0 Å². The van der Waals surface area contributed by atoms with Crippen molar-refractivity contribution >= 4 is 132 Å². The molecule has 4 aliphatic rings. The second kappa shape index (κ2) is 30.7. The molecule has 84 heavy (non-hydrogen) atoms. The monoisotopic (exact) mass is 1290 g/mol. The Morgan fingerprint density at radius 1 is 0.536 bits per heavy atom. The molecule has 6 aromatic rings. The molecule has 29 heteroatoms. The zero-order valence-electron chi connectivity index (χ0n) is 46.7. The number of benzene rings is 1. The van der Waals surface area contributed by atoms with Gasteiger partial charge in [-0.25, -0.2) is 4.79 Å². The van der Waals surface area contributed by atoms with Crippen LogP contribution in [0.25, 0.3) is 33.5 Å². The number of carbonyl (C=O) groups excluding carboxylic acids is 3. The minimum Gasteiger partial charge on any atom is -0.507 e. The molecule has 9 heterocycles. The van der Waals surface area contributed by atoms with Gasteiger partial charge in [0.25, 0.3) is 0 Å². The third kappa shape index (κ3) is 19.4. The van der Waals surface area contributed by atoms with Gasteiger partial charge in [-0.2, -0.15) is 0 Å². The zero-order chi connectivity index (χ0) is 61.3. The number of phenols is 1. The van der Waals surface area contributed by atoms with E-state index in [1.54, 1.807) is 71.0 Å².